The molecule has 2 unspecified atom stereocenters. The highest BCUT2D eigenvalue weighted by Gasteiger charge is 2.27. The molecule has 104 valence electrons. The van der Waals surface area contributed by atoms with Crippen molar-refractivity contribution in [1.82, 2.24) is 0 Å². The van der Waals surface area contributed by atoms with E-state index in [1.165, 1.54) is 0 Å². The van der Waals surface area contributed by atoms with Crippen molar-refractivity contribution < 1.29 is 19.0 Å². The van der Waals surface area contributed by atoms with Gasteiger partial charge in [0.1, 0.15) is 0 Å². The Morgan fingerprint density at radius 3 is 2.79 bits per heavy atom. The Kier molecular flexibility index (Phi) is 5.36. The fraction of sp³-hybridized carbons (Fsp3) is 0.533. The van der Waals surface area contributed by atoms with Crippen molar-refractivity contribution in [1.29, 1.82) is 0 Å². The zero-order chi connectivity index (χ0) is 13.5. The van der Waals surface area contributed by atoms with E-state index >= 15 is 0 Å². The van der Waals surface area contributed by atoms with E-state index < -0.39 is 6.10 Å². The normalized spacial score (nSPS) is 20.8. The zero-order valence-electron chi connectivity index (χ0n) is 11.2. The number of hydrogen-bond acceptors (Lipinski definition) is 4. The number of carbonyl (C=O) groups excluding carboxylic acids is 1. The van der Waals surface area contributed by atoms with Crippen molar-refractivity contribution in [2.24, 2.45) is 0 Å². The molecule has 1 heterocycles. The van der Waals surface area contributed by atoms with Crippen molar-refractivity contribution in [3.8, 4) is 0 Å². The molecule has 0 aliphatic carbocycles. The molecule has 1 aromatic carbocycles. The Balaban J connectivity index is 2.07. The van der Waals surface area contributed by atoms with Gasteiger partial charge in [0, 0.05) is 6.61 Å². The van der Waals surface area contributed by atoms with Crippen LogP contribution in [0.2, 0.25) is 0 Å². The number of ether oxygens (including phenoxy) is 3. The van der Waals surface area contributed by atoms with Gasteiger partial charge in [0.25, 0.3) is 0 Å². The van der Waals surface area contributed by atoms with Crippen LogP contribution in [0.4, 0.5) is 0 Å². The number of rotatable bonds is 5. The van der Waals surface area contributed by atoms with Crippen LogP contribution in [-0.4, -0.2) is 25.5 Å². The summed E-state index contributed by atoms with van der Waals surface area (Å²) in [6, 6.07) is 9.40. The van der Waals surface area contributed by atoms with Crippen molar-refractivity contribution in [3.63, 3.8) is 0 Å². The molecule has 0 N–H and O–H groups in total. The molecule has 0 amide bonds. The van der Waals surface area contributed by atoms with Gasteiger partial charge in [-0.1, -0.05) is 30.3 Å². The van der Waals surface area contributed by atoms with Crippen molar-refractivity contribution in [2.75, 3.05) is 13.2 Å². The third-order valence-corrected chi connectivity index (χ3v) is 3.03. The van der Waals surface area contributed by atoms with Gasteiger partial charge in [0.15, 0.2) is 12.4 Å². The van der Waals surface area contributed by atoms with E-state index in [9.17, 15) is 4.79 Å². The molecule has 0 spiro atoms. The first-order valence-corrected chi connectivity index (χ1v) is 6.80. The van der Waals surface area contributed by atoms with Crippen LogP contribution in [0.15, 0.2) is 30.3 Å². The highest BCUT2D eigenvalue weighted by molar-refractivity contribution is 5.76. The summed E-state index contributed by atoms with van der Waals surface area (Å²) in [4.78, 5) is 12.0. The van der Waals surface area contributed by atoms with Gasteiger partial charge in [-0.05, 0) is 31.7 Å². The van der Waals surface area contributed by atoms with Gasteiger partial charge in [-0.2, -0.15) is 0 Å². The summed E-state index contributed by atoms with van der Waals surface area (Å²) in [7, 11) is 0. The van der Waals surface area contributed by atoms with E-state index in [0.29, 0.717) is 13.2 Å². The van der Waals surface area contributed by atoms with Crippen LogP contribution in [0, 0.1) is 0 Å². The molecule has 1 aliphatic heterocycles. The monoisotopic (exact) mass is 264 g/mol. The van der Waals surface area contributed by atoms with Crippen LogP contribution in [0.25, 0.3) is 0 Å². The molecule has 2 atom stereocenters. The Morgan fingerprint density at radius 2 is 2.16 bits per heavy atom. The highest BCUT2D eigenvalue weighted by Crippen LogP contribution is 2.25. The fourth-order valence-electron chi connectivity index (χ4n) is 2.09. The summed E-state index contributed by atoms with van der Waals surface area (Å²) < 4.78 is 16.4. The number of hydrogen-bond donors (Lipinski definition) is 0. The molecule has 19 heavy (non-hydrogen) atoms. The summed E-state index contributed by atoms with van der Waals surface area (Å²) in [6.45, 7) is 2.82. The third kappa shape index (κ3) is 4.04. The first-order valence-electron chi connectivity index (χ1n) is 6.80. The van der Waals surface area contributed by atoms with Gasteiger partial charge in [-0.25, -0.2) is 4.79 Å². The largest absolute Gasteiger partial charge is 0.464 e. The average molecular weight is 264 g/mol. The third-order valence-electron chi connectivity index (χ3n) is 3.03. The van der Waals surface area contributed by atoms with E-state index in [0.717, 1.165) is 24.8 Å². The van der Waals surface area contributed by atoms with Crippen molar-refractivity contribution in [2.45, 2.75) is 38.6 Å². The highest BCUT2D eigenvalue weighted by atomic mass is 16.7. The van der Waals surface area contributed by atoms with Gasteiger partial charge < -0.3 is 14.2 Å². The second kappa shape index (κ2) is 7.26. The minimum atomic E-state index is -0.704. The Hall–Kier alpha value is -1.39. The standard InChI is InChI=1S/C15H20O4/c1-2-17-15(16)14(12-8-4-3-5-9-12)19-13-10-6-7-11-18-13/h3-5,8-9,13-14H,2,6-7,10-11H2,1H3. The summed E-state index contributed by atoms with van der Waals surface area (Å²) in [5.74, 6) is -0.358. The molecule has 0 bridgehead atoms. The smallest absolute Gasteiger partial charge is 0.340 e. The lowest BCUT2D eigenvalue weighted by Gasteiger charge is -2.26. The molecule has 1 fully saturated rings. The van der Waals surface area contributed by atoms with Crippen LogP contribution in [0.1, 0.15) is 37.9 Å². The van der Waals surface area contributed by atoms with E-state index in [-0.39, 0.29) is 12.3 Å². The van der Waals surface area contributed by atoms with Crippen LogP contribution >= 0.6 is 0 Å². The molecule has 1 saturated heterocycles. The second-order valence-electron chi connectivity index (χ2n) is 4.47. The molecule has 4 nitrogen and oxygen atoms in total. The number of benzene rings is 1. The molecule has 4 heteroatoms. The lowest BCUT2D eigenvalue weighted by Crippen LogP contribution is -2.28. The van der Waals surface area contributed by atoms with Gasteiger partial charge >= 0.3 is 5.97 Å². The lowest BCUT2D eigenvalue weighted by molar-refractivity contribution is -0.205. The van der Waals surface area contributed by atoms with Gasteiger partial charge in [0.05, 0.1) is 6.61 Å². The lowest BCUT2D eigenvalue weighted by atomic mass is 10.1. The first-order chi connectivity index (χ1) is 9.31. The molecular weight excluding hydrogens is 244 g/mol. The fourth-order valence-corrected chi connectivity index (χ4v) is 2.09. The molecule has 1 aromatic rings. The minimum Gasteiger partial charge on any atom is -0.464 e. The van der Waals surface area contributed by atoms with E-state index in [4.69, 9.17) is 14.2 Å². The van der Waals surface area contributed by atoms with Crippen LogP contribution < -0.4 is 0 Å². The number of carbonyl (C=O) groups is 1. The first kappa shape index (κ1) is 14.0. The van der Waals surface area contributed by atoms with Crippen molar-refractivity contribution >= 4 is 5.97 Å². The van der Waals surface area contributed by atoms with Crippen LogP contribution in [0.5, 0.6) is 0 Å². The molecule has 1 aliphatic rings. The van der Waals surface area contributed by atoms with Gasteiger partial charge in [-0.15, -0.1) is 0 Å². The number of esters is 1. The minimum absolute atomic E-state index is 0.316. The van der Waals surface area contributed by atoms with Crippen molar-refractivity contribution in [3.05, 3.63) is 35.9 Å². The maximum atomic E-state index is 12.0. The Morgan fingerprint density at radius 1 is 1.37 bits per heavy atom. The maximum Gasteiger partial charge on any atom is 0.340 e. The Labute approximate surface area is 113 Å². The van der Waals surface area contributed by atoms with E-state index in [1.54, 1.807) is 6.92 Å². The average Bonchev–Trinajstić information content (AvgIpc) is 2.47. The predicted octanol–water partition coefficient (Wildman–Crippen LogP) is 2.83. The zero-order valence-corrected chi connectivity index (χ0v) is 11.2. The van der Waals surface area contributed by atoms with Crippen LogP contribution in [-0.2, 0) is 19.0 Å². The topological polar surface area (TPSA) is 44.8 Å². The summed E-state index contributed by atoms with van der Waals surface area (Å²) >= 11 is 0. The maximum absolute atomic E-state index is 12.0. The molecule has 0 radical (unpaired) electrons. The quantitative estimate of drug-likeness (QED) is 0.767. The second-order valence-corrected chi connectivity index (χ2v) is 4.47. The molecule has 0 saturated carbocycles. The molecular formula is C15H20O4. The van der Waals surface area contributed by atoms with E-state index in [2.05, 4.69) is 0 Å². The van der Waals surface area contributed by atoms with E-state index in [1.807, 2.05) is 30.3 Å². The van der Waals surface area contributed by atoms with Gasteiger partial charge in [0.2, 0.25) is 0 Å². The van der Waals surface area contributed by atoms with Crippen LogP contribution in [0.3, 0.4) is 0 Å². The summed E-state index contributed by atoms with van der Waals surface area (Å²) in [5.41, 5.74) is 0.801. The predicted molar refractivity (Wildman–Crippen MR) is 70.5 cm³/mol. The molecule has 2 rings (SSSR count). The summed E-state index contributed by atoms with van der Waals surface area (Å²) in [5, 5.41) is 0. The summed E-state index contributed by atoms with van der Waals surface area (Å²) in [6.07, 6.45) is 1.92. The molecule has 0 aromatic heterocycles. The SMILES string of the molecule is CCOC(=O)C(OC1CCCCO1)c1ccccc1. The Bertz CT molecular complexity index is 384. The van der Waals surface area contributed by atoms with Gasteiger partial charge in [-0.3, -0.25) is 0 Å².